The molecule has 3 aromatic rings. The van der Waals surface area contributed by atoms with Crippen LogP contribution in [0.25, 0.3) is 10.9 Å². The number of rotatable bonds is 6. The van der Waals surface area contributed by atoms with E-state index in [9.17, 15) is 4.79 Å². The molecule has 5 nitrogen and oxygen atoms in total. The highest BCUT2D eigenvalue weighted by Crippen LogP contribution is 2.28. The summed E-state index contributed by atoms with van der Waals surface area (Å²) in [4.78, 5) is 15.9. The van der Waals surface area contributed by atoms with Crippen LogP contribution < -0.4 is 14.8 Å². The normalized spacial score (nSPS) is 12.1. The van der Waals surface area contributed by atoms with Gasteiger partial charge in [-0.15, -0.1) is 0 Å². The fraction of sp³-hybridized carbons (Fsp3) is 0.304. The summed E-state index contributed by atoms with van der Waals surface area (Å²) in [6, 6.07) is 15.5. The summed E-state index contributed by atoms with van der Waals surface area (Å²) in [5.74, 6) is 2.06. The Morgan fingerprint density at radius 1 is 1.04 bits per heavy atom. The van der Waals surface area contributed by atoms with Gasteiger partial charge in [0.2, 0.25) is 11.8 Å². The lowest BCUT2D eigenvalue weighted by atomic mass is 10.1. The molecule has 28 heavy (non-hydrogen) atoms. The first-order valence-electron chi connectivity index (χ1n) is 9.45. The Morgan fingerprint density at radius 2 is 1.82 bits per heavy atom. The number of pyridine rings is 1. The van der Waals surface area contributed by atoms with Crippen molar-refractivity contribution in [2.75, 3.05) is 0 Å². The SMILES string of the molecule is CC(=O)NC(C)c1ccc2nc(Oc3ccc(OC(C)C)c(C)c3)ccc2c1. The number of amides is 1. The molecule has 0 bridgehead atoms. The van der Waals surface area contributed by atoms with Gasteiger partial charge >= 0.3 is 0 Å². The van der Waals surface area contributed by atoms with E-state index in [1.54, 1.807) is 0 Å². The van der Waals surface area contributed by atoms with Gasteiger partial charge < -0.3 is 14.8 Å². The summed E-state index contributed by atoms with van der Waals surface area (Å²) in [7, 11) is 0. The average molecular weight is 378 g/mol. The molecule has 146 valence electrons. The first-order valence-corrected chi connectivity index (χ1v) is 9.45. The minimum absolute atomic E-state index is 0.0467. The fourth-order valence-electron chi connectivity index (χ4n) is 3.03. The highest BCUT2D eigenvalue weighted by molar-refractivity contribution is 5.80. The maximum absolute atomic E-state index is 11.3. The summed E-state index contributed by atoms with van der Waals surface area (Å²) in [6.45, 7) is 9.49. The van der Waals surface area contributed by atoms with Crippen molar-refractivity contribution >= 4 is 16.8 Å². The molecule has 2 aromatic carbocycles. The number of aromatic nitrogens is 1. The highest BCUT2D eigenvalue weighted by Gasteiger charge is 2.09. The first-order chi connectivity index (χ1) is 13.3. The lowest BCUT2D eigenvalue weighted by molar-refractivity contribution is -0.119. The number of nitrogens with zero attached hydrogens (tertiary/aromatic N) is 1. The number of aryl methyl sites for hydroxylation is 1. The largest absolute Gasteiger partial charge is 0.491 e. The molecular weight excluding hydrogens is 352 g/mol. The molecule has 0 aliphatic carbocycles. The van der Waals surface area contributed by atoms with Crippen LogP contribution in [0.15, 0.2) is 48.5 Å². The summed E-state index contributed by atoms with van der Waals surface area (Å²) in [5, 5.41) is 3.89. The molecular formula is C23H26N2O3. The number of hydrogen-bond acceptors (Lipinski definition) is 4. The molecule has 1 heterocycles. The highest BCUT2D eigenvalue weighted by atomic mass is 16.5. The number of fused-ring (bicyclic) bond motifs is 1. The van der Waals surface area contributed by atoms with E-state index in [1.165, 1.54) is 6.92 Å². The van der Waals surface area contributed by atoms with E-state index < -0.39 is 0 Å². The van der Waals surface area contributed by atoms with Gasteiger partial charge in [0.25, 0.3) is 0 Å². The van der Waals surface area contributed by atoms with Crippen LogP contribution >= 0.6 is 0 Å². The monoisotopic (exact) mass is 378 g/mol. The van der Waals surface area contributed by atoms with Crippen LogP contribution in [0.1, 0.15) is 44.9 Å². The van der Waals surface area contributed by atoms with Gasteiger partial charge in [0.05, 0.1) is 17.7 Å². The minimum atomic E-state index is -0.0487. The molecule has 0 saturated carbocycles. The number of carbonyl (C=O) groups excluding carboxylic acids is 1. The third kappa shape index (κ3) is 4.80. The Kier molecular flexibility index (Phi) is 5.83. The minimum Gasteiger partial charge on any atom is -0.491 e. The van der Waals surface area contributed by atoms with E-state index in [1.807, 2.05) is 76.2 Å². The van der Waals surface area contributed by atoms with Gasteiger partial charge in [-0.1, -0.05) is 6.07 Å². The van der Waals surface area contributed by atoms with E-state index >= 15 is 0 Å². The molecule has 0 radical (unpaired) electrons. The van der Waals surface area contributed by atoms with Crippen molar-refractivity contribution in [3.05, 3.63) is 59.7 Å². The second-order valence-corrected chi connectivity index (χ2v) is 7.22. The third-order valence-electron chi connectivity index (χ3n) is 4.34. The van der Waals surface area contributed by atoms with Crippen LogP contribution in [0, 0.1) is 6.92 Å². The lowest BCUT2D eigenvalue weighted by Gasteiger charge is -2.14. The smallest absolute Gasteiger partial charge is 0.219 e. The Labute approximate surface area is 165 Å². The van der Waals surface area contributed by atoms with Crippen molar-refractivity contribution in [1.29, 1.82) is 0 Å². The van der Waals surface area contributed by atoms with E-state index in [0.717, 1.165) is 33.5 Å². The maximum Gasteiger partial charge on any atom is 0.219 e. The van der Waals surface area contributed by atoms with Gasteiger partial charge in [-0.05, 0) is 75.2 Å². The fourth-order valence-corrected chi connectivity index (χ4v) is 3.03. The Morgan fingerprint density at radius 3 is 2.50 bits per heavy atom. The van der Waals surface area contributed by atoms with Gasteiger partial charge in [-0.3, -0.25) is 4.79 Å². The van der Waals surface area contributed by atoms with Crippen LogP contribution in [-0.4, -0.2) is 17.0 Å². The van der Waals surface area contributed by atoms with Crippen molar-refractivity contribution in [3.8, 4) is 17.4 Å². The van der Waals surface area contributed by atoms with Crippen LogP contribution in [0.5, 0.6) is 17.4 Å². The molecule has 0 fully saturated rings. The average Bonchev–Trinajstić information content (AvgIpc) is 2.62. The van der Waals surface area contributed by atoms with Crippen LogP contribution in [0.2, 0.25) is 0 Å². The van der Waals surface area contributed by atoms with Crippen molar-refractivity contribution < 1.29 is 14.3 Å². The second-order valence-electron chi connectivity index (χ2n) is 7.22. The summed E-state index contributed by atoms with van der Waals surface area (Å²) < 4.78 is 11.7. The molecule has 1 amide bonds. The van der Waals surface area contributed by atoms with Crippen LogP contribution in [0.3, 0.4) is 0 Å². The van der Waals surface area contributed by atoms with Crippen molar-refractivity contribution in [3.63, 3.8) is 0 Å². The standard InChI is InChI=1S/C23H26N2O3/c1-14(2)27-22-10-8-20(12-15(22)3)28-23-11-7-19-13-18(6-9-21(19)25-23)16(4)24-17(5)26/h6-14,16H,1-5H3,(H,24,26). The molecule has 0 spiro atoms. The summed E-state index contributed by atoms with van der Waals surface area (Å²) in [6.07, 6.45) is 0.130. The number of hydrogen-bond donors (Lipinski definition) is 1. The zero-order chi connectivity index (χ0) is 20.3. The molecule has 0 aliphatic rings. The predicted octanol–water partition coefficient (Wildman–Crippen LogP) is 5.32. The van der Waals surface area contributed by atoms with E-state index in [-0.39, 0.29) is 18.1 Å². The molecule has 0 saturated heterocycles. The quantitative estimate of drug-likeness (QED) is 0.631. The molecule has 0 aliphatic heterocycles. The molecule has 1 aromatic heterocycles. The number of ether oxygens (including phenoxy) is 2. The number of benzene rings is 2. The first kappa shape index (κ1) is 19.7. The number of carbonyl (C=O) groups is 1. The lowest BCUT2D eigenvalue weighted by Crippen LogP contribution is -2.23. The van der Waals surface area contributed by atoms with Gasteiger partial charge in [0.15, 0.2) is 0 Å². The molecule has 5 heteroatoms. The van der Waals surface area contributed by atoms with Gasteiger partial charge in [0.1, 0.15) is 11.5 Å². The Balaban J connectivity index is 1.79. The van der Waals surface area contributed by atoms with Gasteiger partial charge in [-0.25, -0.2) is 4.98 Å². The van der Waals surface area contributed by atoms with E-state index in [0.29, 0.717) is 5.88 Å². The van der Waals surface area contributed by atoms with E-state index in [4.69, 9.17) is 9.47 Å². The maximum atomic E-state index is 11.3. The summed E-state index contributed by atoms with van der Waals surface area (Å²) >= 11 is 0. The van der Waals surface area contributed by atoms with Crippen molar-refractivity contribution in [2.45, 2.75) is 46.8 Å². The number of nitrogens with one attached hydrogen (secondary N) is 1. The van der Waals surface area contributed by atoms with Gasteiger partial charge in [0, 0.05) is 18.4 Å². The van der Waals surface area contributed by atoms with E-state index in [2.05, 4.69) is 10.3 Å². The Hall–Kier alpha value is -3.08. The Bertz CT molecular complexity index is 998. The molecule has 1 unspecified atom stereocenters. The van der Waals surface area contributed by atoms with Crippen LogP contribution in [0.4, 0.5) is 0 Å². The third-order valence-corrected chi connectivity index (χ3v) is 4.34. The molecule has 3 rings (SSSR count). The molecule has 1 atom stereocenters. The van der Waals surface area contributed by atoms with Crippen LogP contribution in [-0.2, 0) is 4.79 Å². The zero-order valence-electron chi connectivity index (χ0n) is 16.9. The van der Waals surface area contributed by atoms with Crippen molar-refractivity contribution in [1.82, 2.24) is 10.3 Å². The van der Waals surface area contributed by atoms with Gasteiger partial charge in [-0.2, -0.15) is 0 Å². The van der Waals surface area contributed by atoms with Crippen molar-refractivity contribution in [2.24, 2.45) is 0 Å². The summed E-state index contributed by atoms with van der Waals surface area (Å²) in [5.41, 5.74) is 2.89. The predicted molar refractivity (Wildman–Crippen MR) is 111 cm³/mol. The topological polar surface area (TPSA) is 60.5 Å². The molecule has 1 N–H and O–H groups in total. The zero-order valence-corrected chi connectivity index (χ0v) is 16.9. The second kappa shape index (κ2) is 8.30.